The van der Waals surface area contributed by atoms with Crippen molar-refractivity contribution in [1.29, 1.82) is 0 Å². The number of H-pyrrole nitrogens is 1. The van der Waals surface area contributed by atoms with E-state index in [9.17, 15) is 0 Å². The molecule has 4 nitrogen and oxygen atoms in total. The molecule has 0 fully saturated rings. The van der Waals surface area contributed by atoms with Gasteiger partial charge >= 0.3 is 0 Å². The van der Waals surface area contributed by atoms with Crippen LogP contribution in [0.1, 0.15) is 11.4 Å². The minimum atomic E-state index is 0.668. The number of hydrogen-bond acceptors (Lipinski definition) is 3. The summed E-state index contributed by atoms with van der Waals surface area (Å²) in [4.78, 5) is 7.98. The van der Waals surface area contributed by atoms with Crippen LogP contribution in [0.4, 0.5) is 0 Å². The summed E-state index contributed by atoms with van der Waals surface area (Å²) in [6.45, 7) is 3.94. The molecule has 1 N–H and O–H groups in total. The molecule has 0 unspecified atom stereocenters. The highest BCUT2D eigenvalue weighted by molar-refractivity contribution is 5.97. The molecule has 2 aromatic carbocycles. The molecule has 0 amide bonds. The second kappa shape index (κ2) is 5.32. The second-order valence-corrected chi connectivity index (χ2v) is 5.67. The normalized spacial score (nSPS) is 11.0. The third kappa shape index (κ3) is 2.38. The summed E-state index contributed by atoms with van der Waals surface area (Å²) in [5, 5.41) is 9.71. The minimum Gasteiger partial charge on any atom is -0.360 e. The largest absolute Gasteiger partial charge is 0.360 e. The van der Waals surface area contributed by atoms with Gasteiger partial charge in [-0.3, -0.25) is 0 Å². The first kappa shape index (κ1) is 13.6. The number of para-hydroxylation sites is 1. The van der Waals surface area contributed by atoms with E-state index in [1.807, 2.05) is 25.3 Å². The van der Waals surface area contributed by atoms with Crippen molar-refractivity contribution in [2.45, 2.75) is 13.8 Å². The van der Waals surface area contributed by atoms with Crippen LogP contribution in [-0.2, 0) is 0 Å². The molecule has 0 aliphatic heterocycles. The Balaban J connectivity index is 1.97. The Kier molecular flexibility index (Phi) is 3.15. The molecule has 0 radical (unpaired) electrons. The van der Waals surface area contributed by atoms with Crippen LogP contribution in [0.3, 0.4) is 0 Å². The summed E-state index contributed by atoms with van der Waals surface area (Å²) in [5.41, 5.74) is 6.05. The Morgan fingerprint density at radius 1 is 0.826 bits per heavy atom. The lowest BCUT2D eigenvalue weighted by Crippen LogP contribution is -1.99. The average Bonchev–Trinajstić information content (AvgIpc) is 3.00. The fourth-order valence-corrected chi connectivity index (χ4v) is 2.77. The zero-order chi connectivity index (χ0) is 15.8. The Labute approximate surface area is 134 Å². The van der Waals surface area contributed by atoms with E-state index in [4.69, 9.17) is 0 Å². The topological polar surface area (TPSA) is 54.5 Å². The lowest BCUT2D eigenvalue weighted by Gasteiger charge is -2.08. The number of benzene rings is 2. The van der Waals surface area contributed by atoms with Crippen LogP contribution in [0.25, 0.3) is 33.4 Å². The highest BCUT2D eigenvalue weighted by Gasteiger charge is 2.15. The number of aromatic nitrogens is 4. The van der Waals surface area contributed by atoms with Gasteiger partial charge in [-0.1, -0.05) is 48.0 Å². The van der Waals surface area contributed by atoms with E-state index >= 15 is 0 Å². The molecular weight excluding hydrogens is 284 g/mol. The molecule has 0 aliphatic rings. The Morgan fingerprint density at radius 2 is 1.61 bits per heavy atom. The number of fused-ring (bicyclic) bond motifs is 1. The molecule has 0 atom stereocenters. The fraction of sp³-hybridized carbons (Fsp3) is 0.105. The minimum absolute atomic E-state index is 0.668. The summed E-state index contributed by atoms with van der Waals surface area (Å²) in [5.74, 6) is 0.668. The standard InChI is InChI=1S/C19H16N4/c1-12-7-9-14(10-8-12)18-19(21-13(2)22-23-18)16-11-20-17-6-4-3-5-15(16)17/h3-11,20H,1-2H3. The Hall–Kier alpha value is -3.01. The molecular formula is C19H16N4. The van der Waals surface area contributed by atoms with Gasteiger partial charge in [0.1, 0.15) is 17.2 Å². The maximum Gasteiger partial charge on any atom is 0.148 e. The van der Waals surface area contributed by atoms with Crippen LogP contribution in [0.2, 0.25) is 0 Å². The van der Waals surface area contributed by atoms with Crippen molar-refractivity contribution in [3.63, 3.8) is 0 Å². The van der Waals surface area contributed by atoms with Crippen molar-refractivity contribution in [3.8, 4) is 22.5 Å². The van der Waals surface area contributed by atoms with Crippen LogP contribution >= 0.6 is 0 Å². The molecule has 4 rings (SSSR count). The van der Waals surface area contributed by atoms with E-state index in [1.165, 1.54) is 5.56 Å². The summed E-state index contributed by atoms with van der Waals surface area (Å²) in [6.07, 6.45) is 1.99. The maximum atomic E-state index is 4.67. The van der Waals surface area contributed by atoms with E-state index in [2.05, 4.69) is 63.5 Å². The number of rotatable bonds is 2. The molecule has 0 saturated carbocycles. The third-order valence-electron chi connectivity index (χ3n) is 3.96. The van der Waals surface area contributed by atoms with Crippen molar-refractivity contribution in [2.75, 3.05) is 0 Å². The second-order valence-electron chi connectivity index (χ2n) is 5.67. The zero-order valence-corrected chi connectivity index (χ0v) is 13.0. The molecule has 2 heterocycles. The van der Waals surface area contributed by atoms with Crippen molar-refractivity contribution in [2.24, 2.45) is 0 Å². The molecule has 0 spiro atoms. The average molecular weight is 300 g/mol. The summed E-state index contributed by atoms with van der Waals surface area (Å²) in [7, 11) is 0. The van der Waals surface area contributed by atoms with Crippen LogP contribution in [0, 0.1) is 13.8 Å². The Bertz CT molecular complexity index is 984. The van der Waals surface area contributed by atoms with Gasteiger partial charge in [0.15, 0.2) is 0 Å². The van der Waals surface area contributed by atoms with E-state index < -0.39 is 0 Å². The molecule has 4 heteroatoms. The molecule has 23 heavy (non-hydrogen) atoms. The molecule has 0 saturated heterocycles. The molecule has 4 aromatic rings. The smallest absolute Gasteiger partial charge is 0.148 e. The Morgan fingerprint density at radius 3 is 2.43 bits per heavy atom. The van der Waals surface area contributed by atoms with E-state index in [0.29, 0.717) is 5.82 Å². The highest BCUT2D eigenvalue weighted by atomic mass is 15.2. The predicted molar refractivity (Wildman–Crippen MR) is 92.0 cm³/mol. The van der Waals surface area contributed by atoms with Crippen LogP contribution < -0.4 is 0 Å². The quantitative estimate of drug-likeness (QED) is 0.600. The SMILES string of the molecule is Cc1ccc(-c2nnc(C)nc2-c2c[nH]c3ccccc23)cc1. The van der Waals surface area contributed by atoms with Gasteiger partial charge in [-0.25, -0.2) is 4.98 Å². The number of nitrogens with one attached hydrogen (secondary N) is 1. The van der Waals surface area contributed by atoms with Gasteiger partial charge in [0.2, 0.25) is 0 Å². The van der Waals surface area contributed by atoms with Gasteiger partial charge in [0, 0.05) is 28.2 Å². The third-order valence-corrected chi connectivity index (χ3v) is 3.96. The maximum absolute atomic E-state index is 4.67. The van der Waals surface area contributed by atoms with Gasteiger partial charge in [0.25, 0.3) is 0 Å². The van der Waals surface area contributed by atoms with Crippen LogP contribution in [0.15, 0.2) is 54.7 Å². The van der Waals surface area contributed by atoms with Crippen molar-refractivity contribution < 1.29 is 0 Å². The van der Waals surface area contributed by atoms with Crippen molar-refractivity contribution in [1.82, 2.24) is 20.2 Å². The molecule has 2 aromatic heterocycles. The first-order valence-corrected chi connectivity index (χ1v) is 7.57. The zero-order valence-electron chi connectivity index (χ0n) is 13.0. The molecule has 112 valence electrons. The van der Waals surface area contributed by atoms with Crippen molar-refractivity contribution in [3.05, 3.63) is 66.1 Å². The first-order valence-electron chi connectivity index (χ1n) is 7.57. The van der Waals surface area contributed by atoms with Gasteiger partial charge < -0.3 is 4.98 Å². The van der Waals surface area contributed by atoms with Crippen LogP contribution in [0.5, 0.6) is 0 Å². The van der Waals surface area contributed by atoms with Gasteiger partial charge in [-0.15, -0.1) is 10.2 Å². The van der Waals surface area contributed by atoms with Crippen LogP contribution in [-0.4, -0.2) is 20.2 Å². The molecule has 0 aliphatic carbocycles. The predicted octanol–water partition coefficient (Wildman–Crippen LogP) is 4.30. The number of hydrogen-bond donors (Lipinski definition) is 1. The summed E-state index contributed by atoms with van der Waals surface area (Å²) < 4.78 is 0. The van der Waals surface area contributed by atoms with E-state index in [1.54, 1.807) is 0 Å². The van der Waals surface area contributed by atoms with Gasteiger partial charge in [-0.05, 0) is 19.9 Å². The summed E-state index contributed by atoms with van der Waals surface area (Å²) in [6, 6.07) is 16.5. The number of aromatic amines is 1. The van der Waals surface area contributed by atoms with Gasteiger partial charge in [-0.2, -0.15) is 0 Å². The lowest BCUT2D eigenvalue weighted by atomic mass is 10.0. The first-order chi connectivity index (χ1) is 11.2. The number of aryl methyl sites for hydroxylation is 2. The van der Waals surface area contributed by atoms with Gasteiger partial charge in [0.05, 0.1) is 0 Å². The van der Waals surface area contributed by atoms with E-state index in [-0.39, 0.29) is 0 Å². The van der Waals surface area contributed by atoms with E-state index in [0.717, 1.165) is 33.4 Å². The molecule has 0 bridgehead atoms. The number of nitrogens with zero attached hydrogens (tertiary/aromatic N) is 3. The lowest BCUT2D eigenvalue weighted by molar-refractivity contribution is 0.919. The highest BCUT2D eigenvalue weighted by Crippen LogP contribution is 2.33. The van der Waals surface area contributed by atoms with Crippen molar-refractivity contribution >= 4 is 10.9 Å². The monoisotopic (exact) mass is 300 g/mol. The summed E-state index contributed by atoms with van der Waals surface area (Å²) >= 11 is 0. The fourth-order valence-electron chi connectivity index (χ4n) is 2.77.